The van der Waals surface area contributed by atoms with Crippen LogP contribution in [-0.2, 0) is 9.59 Å². The number of anilines is 1. The number of benzene rings is 1. The highest BCUT2D eigenvalue weighted by Gasteiger charge is 2.62. The van der Waals surface area contributed by atoms with Gasteiger partial charge in [-0.1, -0.05) is 0 Å². The summed E-state index contributed by atoms with van der Waals surface area (Å²) in [6.07, 6.45) is 1.34. The lowest BCUT2D eigenvalue weighted by molar-refractivity contribution is -0.128. The van der Waals surface area contributed by atoms with Crippen LogP contribution in [0.15, 0.2) is 24.3 Å². The fraction of sp³-hybridized carbons (Fsp3) is 0.333. The second kappa shape index (κ2) is 2.90. The van der Waals surface area contributed by atoms with Crippen molar-refractivity contribution in [2.24, 2.45) is 5.41 Å². The highest BCUT2D eigenvalue weighted by atomic mass is 19.1. The van der Waals surface area contributed by atoms with Gasteiger partial charge in [0.1, 0.15) is 11.2 Å². The Kier molecular flexibility index (Phi) is 1.73. The van der Waals surface area contributed by atoms with Crippen LogP contribution in [0.4, 0.5) is 10.1 Å². The molecule has 3 nitrogen and oxygen atoms in total. The molecule has 3 rings (SSSR count). The van der Waals surface area contributed by atoms with Gasteiger partial charge >= 0.3 is 0 Å². The van der Waals surface area contributed by atoms with Crippen molar-refractivity contribution in [3.05, 3.63) is 30.1 Å². The zero-order valence-electron chi connectivity index (χ0n) is 8.57. The number of nitrogens with zero attached hydrogens (tertiary/aromatic N) is 1. The molecule has 1 saturated heterocycles. The van der Waals surface area contributed by atoms with Crippen LogP contribution in [-0.4, -0.2) is 18.2 Å². The van der Waals surface area contributed by atoms with E-state index >= 15 is 0 Å². The Bertz CT molecular complexity index is 476. The van der Waals surface area contributed by atoms with Crippen LogP contribution in [0.3, 0.4) is 0 Å². The van der Waals surface area contributed by atoms with Gasteiger partial charge < -0.3 is 4.90 Å². The summed E-state index contributed by atoms with van der Waals surface area (Å²) in [7, 11) is 0. The molecular weight excluding hydrogens is 209 g/mol. The molecule has 2 aliphatic rings. The minimum absolute atomic E-state index is 0.00169. The Morgan fingerprint density at radius 1 is 1.12 bits per heavy atom. The molecule has 1 aliphatic heterocycles. The minimum Gasteiger partial charge on any atom is -0.304 e. The summed E-state index contributed by atoms with van der Waals surface area (Å²) in [5.74, 6) is -0.464. The molecule has 1 aromatic carbocycles. The maximum Gasteiger partial charge on any atom is 0.241 e. The van der Waals surface area contributed by atoms with E-state index in [0.29, 0.717) is 18.5 Å². The van der Waals surface area contributed by atoms with Crippen molar-refractivity contribution in [3.63, 3.8) is 0 Å². The third-order valence-electron chi connectivity index (χ3n) is 3.38. The molecule has 1 heterocycles. The summed E-state index contributed by atoms with van der Waals surface area (Å²) < 4.78 is 12.7. The number of Topliss-reactive ketones (excluding diaryl/α,β-unsaturated/α-hetero) is 1. The van der Waals surface area contributed by atoms with E-state index in [1.54, 1.807) is 0 Å². The minimum atomic E-state index is -0.714. The first-order chi connectivity index (χ1) is 7.63. The molecule has 1 saturated carbocycles. The molecule has 82 valence electrons. The summed E-state index contributed by atoms with van der Waals surface area (Å²) in [6, 6.07) is 5.65. The van der Waals surface area contributed by atoms with Crippen molar-refractivity contribution in [2.45, 2.75) is 12.8 Å². The summed E-state index contributed by atoms with van der Waals surface area (Å²) in [5.41, 5.74) is -0.113. The van der Waals surface area contributed by atoms with E-state index in [4.69, 9.17) is 0 Å². The molecule has 1 aromatic rings. The summed E-state index contributed by atoms with van der Waals surface area (Å²) in [6.45, 7) is 0.129. The lowest BCUT2D eigenvalue weighted by Gasteiger charge is -2.15. The van der Waals surface area contributed by atoms with E-state index in [9.17, 15) is 14.0 Å². The second-order valence-electron chi connectivity index (χ2n) is 4.37. The number of rotatable bonds is 1. The molecule has 0 aromatic heterocycles. The van der Waals surface area contributed by atoms with Gasteiger partial charge in [-0.3, -0.25) is 9.59 Å². The van der Waals surface area contributed by atoms with Crippen molar-refractivity contribution in [2.75, 3.05) is 11.4 Å². The smallest absolute Gasteiger partial charge is 0.241 e. The molecule has 1 spiro atoms. The largest absolute Gasteiger partial charge is 0.304 e. The number of halogens is 1. The standard InChI is InChI=1S/C12H10FNO2/c13-8-1-3-9(4-2-8)14-7-10(15)12(5-6-12)11(14)16/h1-4H,5-7H2. The first-order valence-corrected chi connectivity index (χ1v) is 5.24. The predicted octanol–water partition coefficient (Wildman–Crippen LogP) is 1.52. The molecule has 0 atom stereocenters. The summed E-state index contributed by atoms with van der Waals surface area (Å²) in [5, 5.41) is 0. The number of amides is 1. The Hall–Kier alpha value is -1.71. The van der Waals surface area contributed by atoms with Gasteiger partial charge in [-0.05, 0) is 37.1 Å². The van der Waals surface area contributed by atoms with Crippen LogP contribution < -0.4 is 4.90 Å². The second-order valence-corrected chi connectivity index (χ2v) is 4.37. The van der Waals surface area contributed by atoms with Crippen LogP contribution >= 0.6 is 0 Å². The monoisotopic (exact) mass is 219 g/mol. The zero-order valence-corrected chi connectivity index (χ0v) is 8.57. The number of hydrogen-bond acceptors (Lipinski definition) is 2. The van der Waals surface area contributed by atoms with Gasteiger partial charge in [-0.2, -0.15) is 0 Å². The van der Waals surface area contributed by atoms with Gasteiger partial charge in [0.05, 0.1) is 6.54 Å². The molecule has 0 bridgehead atoms. The zero-order chi connectivity index (χ0) is 11.3. The topological polar surface area (TPSA) is 37.4 Å². The number of carbonyl (C=O) groups excluding carboxylic acids is 2. The lowest BCUT2D eigenvalue weighted by Crippen LogP contribution is -2.27. The molecule has 2 fully saturated rings. The van der Waals surface area contributed by atoms with E-state index in [0.717, 1.165) is 0 Å². The van der Waals surface area contributed by atoms with E-state index in [1.807, 2.05) is 0 Å². The molecule has 1 amide bonds. The molecule has 0 unspecified atom stereocenters. The van der Waals surface area contributed by atoms with Gasteiger partial charge in [-0.25, -0.2) is 4.39 Å². The Labute approximate surface area is 91.9 Å². The molecule has 4 heteroatoms. The number of carbonyl (C=O) groups is 2. The van der Waals surface area contributed by atoms with Crippen molar-refractivity contribution in [1.82, 2.24) is 0 Å². The Balaban J connectivity index is 1.95. The quantitative estimate of drug-likeness (QED) is 0.671. The Morgan fingerprint density at radius 3 is 2.25 bits per heavy atom. The van der Waals surface area contributed by atoms with Gasteiger partial charge in [0, 0.05) is 5.69 Å². The van der Waals surface area contributed by atoms with Gasteiger partial charge in [0.25, 0.3) is 0 Å². The fourth-order valence-corrected chi connectivity index (χ4v) is 2.19. The van der Waals surface area contributed by atoms with Crippen molar-refractivity contribution >= 4 is 17.4 Å². The SMILES string of the molecule is O=C1CN(c2ccc(F)cc2)C(=O)C12CC2. The third-order valence-corrected chi connectivity index (χ3v) is 3.38. The highest BCUT2D eigenvalue weighted by molar-refractivity contribution is 6.23. The normalized spacial score (nSPS) is 21.9. The maximum atomic E-state index is 12.7. The van der Waals surface area contributed by atoms with Gasteiger partial charge in [-0.15, -0.1) is 0 Å². The maximum absolute atomic E-state index is 12.7. The third kappa shape index (κ3) is 1.13. The molecule has 0 N–H and O–H groups in total. The molecule has 1 aliphatic carbocycles. The van der Waals surface area contributed by atoms with Crippen molar-refractivity contribution in [1.29, 1.82) is 0 Å². The van der Waals surface area contributed by atoms with Crippen LogP contribution in [0, 0.1) is 11.2 Å². The fourth-order valence-electron chi connectivity index (χ4n) is 2.19. The summed E-state index contributed by atoms with van der Waals surface area (Å²) >= 11 is 0. The van der Waals surface area contributed by atoms with Gasteiger partial charge in [0.15, 0.2) is 5.78 Å². The molecular formula is C12H10FNO2. The van der Waals surface area contributed by atoms with E-state index in [-0.39, 0.29) is 24.1 Å². The Morgan fingerprint density at radius 2 is 1.75 bits per heavy atom. The van der Waals surface area contributed by atoms with E-state index < -0.39 is 5.41 Å². The van der Waals surface area contributed by atoms with Crippen LogP contribution in [0.1, 0.15) is 12.8 Å². The first-order valence-electron chi connectivity index (χ1n) is 5.24. The predicted molar refractivity (Wildman–Crippen MR) is 55.4 cm³/mol. The highest BCUT2D eigenvalue weighted by Crippen LogP contribution is 2.52. The lowest BCUT2D eigenvalue weighted by atomic mass is 10.1. The van der Waals surface area contributed by atoms with Crippen molar-refractivity contribution < 1.29 is 14.0 Å². The van der Waals surface area contributed by atoms with Crippen LogP contribution in [0.2, 0.25) is 0 Å². The number of hydrogen-bond donors (Lipinski definition) is 0. The molecule has 16 heavy (non-hydrogen) atoms. The van der Waals surface area contributed by atoms with Crippen molar-refractivity contribution in [3.8, 4) is 0 Å². The number of ketones is 1. The van der Waals surface area contributed by atoms with E-state index in [2.05, 4.69) is 0 Å². The average molecular weight is 219 g/mol. The molecule has 0 radical (unpaired) electrons. The van der Waals surface area contributed by atoms with Gasteiger partial charge in [0.2, 0.25) is 5.91 Å². The van der Waals surface area contributed by atoms with E-state index in [1.165, 1.54) is 29.2 Å². The van der Waals surface area contributed by atoms with Crippen LogP contribution in [0.5, 0.6) is 0 Å². The average Bonchev–Trinajstić information content (AvgIpc) is 3.03. The first kappa shape index (κ1) is 9.51. The summed E-state index contributed by atoms with van der Waals surface area (Å²) in [4.78, 5) is 25.1. The van der Waals surface area contributed by atoms with Crippen LogP contribution in [0.25, 0.3) is 0 Å².